The van der Waals surface area contributed by atoms with E-state index in [4.69, 9.17) is 4.74 Å². The van der Waals surface area contributed by atoms with E-state index in [1.54, 1.807) is 6.92 Å². The lowest BCUT2D eigenvalue weighted by molar-refractivity contribution is -0.163. The summed E-state index contributed by atoms with van der Waals surface area (Å²) < 4.78 is 104. The number of pyridine rings is 1. The number of amides is 3. The highest BCUT2D eigenvalue weighted by molar-refractivity contribution is 7.10. The molecule has 6 rings (SSSR count). The number of aromatic amines is 2. The first-order chi connectivity index (χ1) is 25.6. The number of nitrogens with zero attached hydrogens (tertiary/aromatic N) is 4. The number of piperidine rings is 1. The Morgan fingerprint density at radius 3 is 2.50 bits per heavy atom. The van der Waals surface area contributed by atoms with E-state index in [2.05, 4.69) is 25.7 Å². The number of rotatable bonds is 11. The molecule has 1 saturated heterocycles. The van der Waals surface area contributed by atoms with Crippen molar-refractivity contribution in [3.8, 4) is 5.75 Å². The fourth-order valence-electron chi connectivity index (χ4n) is 7.31. The van der Waals surface area contributed by atoms with E-state index >= 15 is 4.79 Å². The Morgan fingerprint density at radius 1 is 1.06 bits per heavy atom. The van der Waals surface area contributed by atoms with Gasteiger partial charge in [0, 0.05) is 43.6 Å². The fourth-order valence-corrected chi connectivity index (χ4v) is 7.99. The monoisotopic (exact) mass is 783 g/mol. The van der Waals surface area contributed by atoms with Crippen LogP contribution in [0.4, 0.5) is 30.7 Å². The number of hydrogen-bond acceptors (Lipinski definition) is 7. The van der Waals surface area contributed by atoms with Gasteiger partial charge >= 0.3 is 12.4 Å². The topological polar surface area (TPSA) is 136 Å². The summed E-state index contributed by atoms with van der Waals surface area (Å²) in [5, 5.41) is 12.8. The van der Waals surface area contributed by atoms with Crippen molar-refractivity contribution in [3.63, 3.8) is 0 Å². The number of alkyl halides is 6. The zero-order valence-electron chi connectivity index (χ0n) is 28.8. The second-order valence-electron chi connectivity index (χ2n) is 13.2. The SMILES string of the molecule is CCC[C@H]1N(C(=O)c2ncccc2C(F)(F)F)CCC[C@@]1(Oc1csc(C(F)(F)F)c1)C(=O)N1CCc2cc(F)ccc2C1CCC(=O)NCc1n[nH][nH]1. The van der Waals surface area contributed by atoms with Crippen LogP contribution in [0.5, 0.6) is 5.75 Å². The average molecular weight is 784 g/mol. The Morgan fingerprint density at radius 2 is 1.83 bits per heavy atom. The molecule has 54 heavy (non-hydrogen) atoms. The first-order valence-electron chi connectivity index (χ1n) is 17.2. The first kappa shape index (κ1) is 38.8. The van der Waals surface area contributed by atoms with Gasteiger partial charge in [-0.3, -0.25) is 24.5 Å². The van der Waals surface area contributed by atoms with Gasteiger partial charge in [0.05, 0.1) is 24.2 Å². The third-order valence-corrected chi connectivity index (χ3v) is 10.7. The molecule has 0 radical (unpaired) electrons. The van der Waals surface area contributed by atoms with Gasteiger partial charge in [0.25, 0.3) is 11.8 Å². The van der Waals surface area contributed by atoms with Gasteiger partial charge in [0.2, 0.25) is 11.5 Å². The predicted octanol–water partition coefficient (Wildman–Crippen LogP) is 6.82. The molecule has 1 unspecified atom stereocenters. The molecule has 0 saturated carbocycles. The molecule has 3 aromatic heterocycles. The van der Waals surface area contributed by atoms with Crippen molar-refractivity contribution < 1.29 is 49.9 Å². The molecule has 4 aromatic rings. The van der Waals surface area contributed by atoms with Gasteiger partial charge in [-0.2, -0.15) is 26.3 Å². The van der Waals surface area contributed by atoms with Crippen molar-refractivity contribution in [1.82, 2.24) is 35.5 Å². The highest BCUT2D eigenvalue weighted by Gasteiger charge is 2.57. The highest BCUT2D eigenvalue weighted by atomic mass is 32.1. The lowest BCUT2D eigenvalue weighted by Gasteiger charge is -2.51. The number of carbonyl (C=O) groups is 3. The van der Waals surface area contributed by atoms with Crippen LogP contribution in [0.2, 0.25) is 0 Å². The van der Waals surface area contributed by atoms with Gasteiger partial charge in [0.15, 0.2) is 5.82 Å². The molecule has 3 N–H and O–H groups in total. The number of carbonyl (C=O) groups excluding carboxylic acids is 3. The minimum atomic E-state index is -4.94. The second kappa shape index (κ2) is 15.4. The Hall–Kier alpha value is -4.94. The maximum absolute atomic E-state index is 15.3. The van der Waals surface area contributed by atoms with Crippen LogP contribution < -0.4 is 10.1 Å². The summed E-state index contributed by atoms with van der Waals surface area (Å²) in [6, 6.07) is 4.47. The number of fused-ring (bicyclic) bond motifs is 1. The van der Waals surface area contributed by atoms with Crippen molar-refractivity contribution in [2.24, 2.45) is 0 Å². The van der Waals surface area contributed by atoms with Gasteiger partial charge in [-0.25, -0.2) is 9.60 Å². The van der Waals surface area contributed by atoms with E-state index in [1.165, 1.54) is 23.1 Å². The third kappa shape index (κ3) is 7.95. The number of ether oxygens (including phenoxy) is 1. The summed E-state index contributed by atoms with van der Waals surface area (Å²) in [5.41, 5.74) is -3.12. The smallest absolute Gasteiger partial charge is 0.425 e. The highest BCUT2D eigenvalue weighted by Crippen LogP contribution is 2.45. The summed E-state index contributed by atoms with van der Waals surface area (Å²) in [6.45, 7) is 1.73. The number of hydrogen-bond donors (Lipinski definition) is 3. The third-order valence-electron chi connectivity index (χ3n) is 9.73. The van der Waals surface area contributed by atoms with Gasteiger partial charge in [0.1, 0.15) is 22.1 Å². The van der Waals surface area contributed by atoms with E-state index in [9.17, 15) is 40.3 Å². The Balaban J connectivity index is 1.42. The van der Waals surface area contributed by atoms with E-state index in [1.807, 2.05) is 0 Å². The van der Waals surface area contributed by atoms with E-state index < -0.39 is 63.8 Å². The molecule has 1 fully saturated rings. The predicted molar refractivity (Wildman–Crippen MR) is 179 cm³/mol. The van der Waals surface area contributed by atoms with Gasteiger partial charge in [-0.1, -0.05) is 19.4 Å². The van der Waals surface area contributed by atoms with Crippen LogP contribution in [0.15, 0.2) is 48.0 Å². The van der Waals surface area contributed by atoms with Crippen molar-refractivity contribution in [2.75, 3.05) is 13.1 Å². The van der Waals surface area contributed by atoms with Crippen LogP contribution >= 0.6 is 11.3 Å². The van der Waals surface area contributed by atoms with Crippen molar-refractivity contribution in [3.05, 3.63) is 86.9 Å². The number of halogens is 7. The Kier molecular flexibility index (Phi) is 11.1. The van der Waals surface area contributed by atoms with Gasteiger partial charge in [-0.15, -0.1) is 16.4 Å². The maximum atomic E-state index is 15.3. The molecule has 19 heteroatoms. The minimum absolute atomic E-state index is 0.0121. The van der Waals surface area contributed by atoms with Gasteiger partial charge < -0.3 is 19.9 Å². The van der Waals surface area contributed by atoms with Crippen LogP contribution in [-0.2, 0) is 34.9 Å². The molecule has 290 valence electrons. The molecule has 0 aliphatic carbocycles. The minimum Gasteiger partial charge on any atom is -0.474 e. The molecule has 11 nitrogen and oxygen atoms in total. The standard InChI is InChI=1S/C35H36F7N7O4S/c1-2-5-26-33(53-22-17-27(54-19-22)35(40,41)42,12-4-14-49(26)31(51)30-24(34(37,38)39)6-3-13-43-30)32(52)48-15-11-20-16-21(36)7-8-23(20)25(48)9-10-29(50)44-18-28-45-47-46-28/h3,6-8,13,16-17,19,25-26,47H,2,4-5,9-12,14-15,18H2,1H3,(H,44,50)(H,45,46)/t25?,26-,33+/m1/s1. The molecule has 3 amide bonds. The molecule has 5 heterocycles. The van der Waals surface area contributed by atoms with Crippen LogP contribution in [0.1, 0.15) is 89.4 Å². The lowest BCUT2D eigenvalue weighted by atomic mass is 9.78. The van der Waals surface area contributed by atoms with E-state index in [-0.39, 0.29) is 69.8 Å². The summed E-state index contributed by atoms with van der Waals surface area (Å²) in [5.74, 6) is -2.55. The number of thiophene rings is 1. The summed E-state index contributed by atoms with van der Waals surface area (Å²) >= 11 is 0.343. The van der Waals surface area contributed by atoms with Crippen LogP contribution in [0.25, 0.3) is 0 Å². The normalized spacial score (nSPS) is 20.4. The molecule has 0 bridgehead atoms. The summed E-state index contributed by atoms with van der Waals surface area (Å²) in [7, 11) is 0. The van der Waals surface area contributed by atoms with Crippen molar-refractivity contribution in [2.45, 2.75) is 88.5 Å². The van der Waals surface area contributed by atoms with E-state index in [0.717, 1.165) is 34.7 Å². The molecule has 0 spiro atoms. The summed E-state index contributed by atoms with van der Waals surface area (Å²) in [4.78, 5) is 47.7. The molecular weight excluding hydrogens is 747 g/mol. The Labute approximate surface area is 308 Å². The zero-order chi connectivity index (χ0) is 38.8. The second-order valence-corrected chi connectivity index (χ2v) is 14.1. The van der Waals surface area contributed by atoms with Crippen LogP contribution in [0.3, 0.4) is 0 Å². The number of likely N-dealkylation sites (tertiary alicyclic amines) is 1. The maximum Gasteiger partial charge on any atom is 0.425 e. The van der Waals surface area contributed by atoms with Crippen LogP contribution in [0, 0.1) is 5.82 Å². The zero-order valence-corrected chi connectivity index (χ0v) is 29.6. The molecule has 2 aliphatic rings. The fraction of sp³-hybridized carbons (Fsp3) is 0.457. The van der Waals surface area contributed by atoms with Crippen molar-refractivity contribution >= 4 is 29.1 Å². The molecule has 2 aliphatic heterocycles. The van der Waals surface area contributed by atoms with Gasteiger partial charge in [-0.05, 0) is 61.1 Å². The van der Waals surface area contributed by atoms with Crippen molar-refractivity contribution in [1.29, 1.82) is 0 Å². The van der Waals surface area contributed by atoms with Crippen LogP contribution in [-0.4, -0.2) is 72.6 Å². The largest absolute Gasteiger partial charge is 0.474 e. The number of benzene rings is 1. The average Bonchev–Trinajstić information content (AvgIpc) is 3.59. The Bertz CT molecular complexity index is 1970. The summed E-state index contributed by atoms with van der Waals surface area (Å²) in [6.07, 6.45) is -8.23. The molecule has 3 atom stereocenters. The number of H-pyrrole nitrogens is 2. The number of aromatic nitrogens is 4. The lowest BCUT2D eigenvalue weighted by Crippen LogP contribution is -2.68. The number of nitrogens with one attached hydrogen (secondary N) is 3. The van der Waals surface area contributed by atoms with E-state index in [0.29, 0.717) is 34.7 Å². The molecule has 1 aromatic carbocycles. The quantitative estimate of drug-likeness (QED) is 0.143. The first-order valence-corrected chi connectivity index (χ1v) is 18.1. The molecular formula is C35H36F7N7O4S.